The van der Waals surface area contributed by atoms with Crippen molar-refractivity contribution >= 4 is 27.3 Å². The topological polar surface area (TPSA) is 42.3 Å². The molecule has 1 amide bonds. The molecule has 0 radical (unpaired) electrons. The van der Waals surface area contributed by atoms with E-state index in [2.05, 4.69) is 0 Å². The van der Waals surface area contributed by atoms with Crippen LogP contribution in [0.4, 0.5) is 0 Å². The van der Waals surface area contributed by atoms with Crippen LogP contribution in [0.5, 0.6) is 0 Å². The first-order valence-corrected chi connectivity index (χ1v) is 6.74. The average molecular weight is 264 g/mol. The summed E-state index contributed by atoms with van der Waals surface area (Å²) in [4.78, 5) is 25.1. The fourth-order valence-corrected chi connectivity index (χ4v) is 2.58. The minimum atomic E-state index is 0.0334. The van der Waals surface area contributed by atoms with Gasteiger partial charge in [-0.25, -0.2) is 0 Å². The van der Waals surface area contributed by atoms with Gasteiger partial charge in [-0.1, -0.05) is 0 Å². The first-order chi connectivity index (χ1) is 8.59. The molecule has 2 heterocycles. The van der Waals surface area contributed by atoms with Gasteiger partial charge in [-0.15, -0.1) is 11.3 Å². The molecule has 2 aromatic heterocycles. The third-order valence-electron chi connectivity index (χ3n) is 2.88. The van der Waals surface area contributed by atoms with Crippen molar-refractivity contribution in [3.63, 3.8) is 0 Å². The lowest BCUT2D eigenvalue weighted by molar-refractivity contribution is -0.128. The molecule has 0 spiro atoms. The maximum absolute atomic E-state index is 12.1. The number of hydrogen-bond acceptors (Lipinski definition) is 3. The quantitative estimate of drug-likeness (QED) is 0.847. The van der Waals surface area contributed by atoms with E-state index in [0.717, 1.165) is 10.1 Å². The molecule has 2 aromatic rings. The molecule has 0 atom stereocenters. The highest BCUT2D eigenvalue weighted by molar-refractivity contribution is 7.17. The monoisotopic (exact) mass is 264 g/mol. The second-order valence-electron chi connectivity index (χ2n) is 4.40. The maximum Gasteiger partial charge on any atom is 0.259 e. The summed E-state index contributed by atoms with van der Waals surface area (Å²) in [5.41, 5.74) is 0.0334. The summed E-state index contributed by atoms with van der Waals surface area (Å²) in [5.74, 6) is 0.0969. The van der Waals surface area contributed by atoms with E-state index in [1.54, 1.807) is 41.1 Å². The zero-order valence-electron chi connectivity index (χ0n) is 10.5. The van der Waals surface area contributed by atoms with Gasteiger partial charge in [0, 0.05) is 38.0 Å². The summed E-state index contributed by atoms with van der Waals surface area (Å²) in [5, 5.41) is 2.69. The number of hydrogen-bond donors (Lipinski definition) is 0. The van der Waals surface area contributed by atoms with Crippen LogP contribution in [0.25, 0.3) is 10.1 Å². The van der Waals surface area contributed by atoms with Crippen molar-refractivity contribution in [1.82, 2.24) is 9.47 Å². The summed E-state index contributed by atoms with van der Waals surface area (Å²) in [6.45, 7) is 0.588. The Morgan fingerprint density at radius 2 is 2.17 bits per heavy atom. The molecule has 0 aliphatic heterocycles. The first kappa shape index (κ1) is 12.8. The van der Waals surface area contributed by atoms with E-state index >= 15 is 0 Å². The Morgan fingerprint density at radius 3 is 2.89 bits per heavy atom. The van der Waals surface area contributed by atoms with Gasteiger partial charge in [0.25, 0.3) is 5.56 Å². The Balaban J connectivity index is 2.06. The van der Waals surface area contributed by atoms with Crippen molar-refractivity contribution in [2.24, 2.45) is 0 Å². The van der Waals surface area contributed by atoms with Crippen LogP contribution in [0, 0.1) is 0 Å². The van der Waals surface area contributed by atoms with Gasteiger partial charge in [0.2, 0.25) is 5.91 Å². The number of thiophene rings is 1. The lowest BCUT2D eigenvalue weighted by Crippen LogP contribution is -2.23. The average Bonchev–Trinajstić information content (AvgIpc) is 2.80. The number of carbonyl (C=O) groups excluding carboxylic acids is 1. The molecule has 0 fully saturated rings. The van der Waals surface area contributed by atoms with Gasteiger partial charge in [-0.2, -0.15) is 0 Å². The number of fused-ring (bicyclic) bond motifs is 1. The summed E-state index contributed by atoms with van der Waals surface area (Å²) in [7, 11) is 3.48. The van der Waals surface area contributed by atoms with Gasteiger partial charge < -0.3 is 9.47 Å². The van der Waals surface area contributed by atoms with E-state index in [4.69, 9.17) is 0 Å². The van der Waals surface area contributed by atoms with Crippen LogP contribution in [0.2, 0.25) is 0 Å². The summed E-state index contributed by atoms with van der Waals surface area (Å²) >= 11 is 1.57. The highest BCUT2D eigenvalue weighted by Crippen LogP contribution is 2.16. The number of rotatable bonds is 4. The Bertz CT molecular complexity index is 613. The molecule has 0 bridgehead atoms. The zero-order valence-corrected chi connectivity index (χ0v) is 11.4. The van der Waals surface area contributed by atoms with Crippen molar-refractivity contribution < 1.29 is 4.79 Å². The second-order valence-corrected chi connectivity index (χ2v) is 5.35. The third kappa shape index (κ3) is 2.61. The summed E-state index contributed by atoms with van der Waals surface area (Å²) < 4.78 is 2.69. The van der Waals surface area contributed by atoms with Crippen molar-refractivity contribution in [1.29, 1.82) is 0 Å². The number of nitrogens with zero attached hydrogens (tertiary/aromatic N) is 2. The van der Waals surface area contributed by atoms with E-state index < -0.39 is 0 Å². The van der Waals surface area contributed by atoms with Gasteiger partial charge in [0.05, 0.1) is 5.39 Å². The molecule has 2 rings (SSSR count). The molecular formula is C13H16N2O2S. The molecular weight excluding hydrogens is 248 g/mol. The van der Waals surface area contributed by atoms with Gasteiger partial charge in [0.1, 0.15) is 0 Å². The van der Waals surface area contributed by atoms with Crippen molar-refractivity contribution in [2.45, 2.75) is 19.4 Å². The largest absolute Gasteiger partial charge is 0.349 e. The normalized spacial score (nSPS) is 10.8. The molecule has 5 heteroatoms. The number of amides is 1. The molecule has 4 nitrogen and oxygen atoms in total. The smallest absolute Gasteiger partial charge is 0.259 e. The number of aromatic nitrogens is 1. The molecule has 0 saturated heterocycles. The van der Waals surface area contributed by atoms with Gasteiger partial charge in [0.15, 0.2) is 0 Å². The van der Waals surface area contributed by atoms with Crippen LogP contribution in [0.15, 0.2) is 28.5 Å². The highest BCUT2D eigenvalue weighted by atomic mass is 32.1. The standard InChI is InChI=1S/C13H16N2O2S/c1-14(2)12(16)4-3-7-15-8-5-11-10(13(15)17)6-9-18-11/h5-6,8-9H,3-4,7H2,1-2H3. The molecule has 0 unspecified atom stereocenters. The van der Waals surface area contributed by atoms with Crippen molar-refractivity contribution in [3.8, 4) is 0 Å². The molecule has 0 saturated carbocycles. The van der Waals surface area contributed by atoms with Crippen LogP contribution in [-0.4, -0.2) is 29.5 Å². The molecule has 0 aliphatic carbocycles. The van der Waals surface area contributed by atoms with E-state index in [1.807, 2.05) is 17.5 Å². The molecule has 96 valence electrons. The number of pyridine rings is 1. The number of carbonyl (C=O) groups is 1. The van der Waals surface area contributed by atoms with Gasteiger partial charge >= 0.3 is 0 Å². The van der Waals surface area contributed by atoms with E-state index in [1.165, 1.54) is 0 Å². The minimum Gasteiger partial charge on any atom is -0.349 e. The second kappa shape index (κ2) is 5.35. The zero-order chi connectivity index (χ0) is 13.1. The first-order valence-electron chi connectivity index (χ1n) is 5.86. The Hall–Kier alpha value is -1.62. The molecule has 0 N–H and O–H groups in total. The predicted molar refractivity (Wildman–Crippen MR) is 74.0 cm³/mol. The fourth-order valence-electron chi connectivity index (χ4n) is 1.81. The molecule has 0 aromatic carbocycles. The SMILES string of the molecule is CN(C)C(=O)CCCn1ccc2sccc2c1=O. The summed E-state index contributed by atoms with van der Waals surface area (Å²) in [6.07, 6.45) is 2.97. The van der Waals surface area contributed by atoms with Crippen molar-refractivity contribution in [3.05, 3.63) is 34.1 Å². The van der Waals surface area contributed by atoms with Crippen molar-refractivity contribution in [2.75, 3.05) is 14.1 Å². The van der Waals surface area contributed by atoms with Gasteiger partial charge in [-0.05, 0) is 23.9 Å². The Labute approximate surface area is 109 Å². The highest BCUT2D eigenvalue weighted by Gasteiger charge is 2.06. The van der Waals surface area contributed by atoms with E-state index in [9.17, 15) is 9.59 Å². The lowest BCUT2D eigenvalue weighted by Gasteiger charge is -2.10. The van der Waals surface area contributed by atoms with Crippen LogP contribution in [-0.2, 0) is 11.3 Å². The van der Waals surface area contributed by atoms with Crippen LogP contribution in [0.1, 0.15) is 12.8 Å². The summed E-state index contributed by atoms with van der Waals surface area (Å²) in [6, 6.07) is 3.80. The van der Waals surface area contributed by atoms with Gasteiger partial charge in [-0.3, -0.25) is 9.59 Å². The van der Waals surface area contributed by atoms with Crippen LogP contribution < -0.4 is 5.56 Å². The van der Waals surface area contributed by atoms with E-state index in [-0.39, 0.29) is 11.5 Å². The van der Waals surface area contributed by atoms with Crippen LogP contribution >= 0.6 is 11.3 Å². The third-order valence-corrected chi connectivity index (χ3v) is 3.76. The molecule has 0 aliphatic rings. The predicted octanol–water partition coefficient (Wildman–Crippen LogP) is 1.93. The minimum absolute atomic E-state index is 0.0334. The molecule has 18 heavy (non-hydrogen) atoms. The lowest BCUT2D eigenvalue weighted by atomic mass is 10.2. The van der Waals surface area contributed by atoms with Crippen LogP contribution in [0.3, 0.4) is 0 Å². The number of aryl methyl sites for hydroxylation is 1. The maximum atomic E-state index is 12.1. The van der Waals surface area contributed by atoms with E-state index in [0.29, 0.717) is 19.4 Å². The Kier molecular flexibility index (Phi) is 3.81. The fraction of sp³-hybridized carbons (Fsp3) is 0.385. The Morgan fingerprint density at radius 1 is 1.39 bits per heavy atom.